The number of fused-ring (bicyclic) bond motifs is 2. The minimum absolute atomic E-state index is 0.341. The number of hydrogen-bond acceptors (Lipinski definition) is 3. The molecule has 0 unspecified atom stereocenters. The summed E-state index contributed by atoms with van der Waals surface area (Å²) in [4.78, 5) is 11.5. The Balaban J connectivity index is 1.66. The third-order valence-corrected chi connectivity index (χ3v) is 4.20. The lowest BCUT2D eigenvalue weighted by molar-refractivity contribution is 0.307. The van der Waals surface area contributed by atoms with Crippen molar-refractivity contribution in [2.45, 2.75) is 13.5 Å². The van der Waals surface area contributed by atoms with Crippen molar-refractivity contribution in [3.8, 4) is 5.75 Å². The molecule has 3 aromatic carbocycles. The molecular weight excluding hydrogens is 300 g/mol. The summed E-state index contributed by atoms with van der Waals surface area (Å²) in [5.74, 6) is 0.684. The molecule has 3 heteroatoms. The van der Waals surface area contributed by atoms with Crippen LogP contribution < -0.4 is 10.4 Å². The molecule has 118 valence electrons. The average Bonchev–Trinajstić information content (AvgIpc) is 2.59. The van der Waals surface area contributed by atoms with E-state index in [4.69, 9.17) is 9.15 Å². The molecule has 0 spiro atoms. The van der Waals surface area contributed by atoms with E-state index in [1.54, 1.807) is 6.07 Å². The van der Waals surface area contributed by atoms with Gasteiger partial charge in [-0.05, 0) is 41.0 Å². The molecule has 0 amide bonds. The first kappa shape index (κ1) is 14.5. The summed E-state index contributed by atoms with van der Waals surface area (Å²) in [5, 5.41) is 3.30. The minimum atomic E-state index is -0.341. The monoisotopic (exact) mass is 316 g/mol. The summed E-state index contributed by atoms with van der Waals surface area (Å²) in [6.45, 7) is 2.36. The van der Waals surface area contributed by atoms with Crippen molar-refractivity contribution in [3.05, 3.63) is 88.3 Å². The van der Waals surface area contributed by atoms with Crippen molar-refractivity contribution in [1.82, 2.24) is 0 Å². The van der Waals surface area contributed by atoms with E-state index >= 15 is 0 Å². The van der Waals surface area contributed by atoms with E-state index in [0.717, 1.165) is 16.5 Å². The number of benzene rings is 3. The summed E-state index contributed by atoms with van der Waals surface area (Å²) in [7, 11) is 0. The first-order chi connectivity index (χ1) is 11.7. The average molecular weight is 316 g/mol. The Bertz CT molecular complexity index is 1090. The quantitative estimate of drug-likeness (QED) is 0.508. The SMILES string of the molecule is Cc1cc(=O)oc2cc(OCc3cccc4ccccc34)ccc12. The second kappa shape index (κ2) is 5.85. The predicted octanol–water partition coefficient (Wildman–Crippen LogP) is 4.83. The van der Waals surface area contributed by atoms with Crippen molar-refractivity contribution >= 4 is 21.7 Å². The van der Waals surface area contributed by atoms with E-state index in [-0.39, 0.29) is 5.63 Å². The third kappa shape index (κ3) is 2.65. The fourth-order valence-corrected chi connectivity index (χ4v) is 2.97. The molecule has 1 heterocycles. The summed E-state index contributed by atoms with van der Waals surface area (Å²) in [5.41, 5.74) is 2.24. The van der Waals surface area contributed by atoms with Gasteiger partial charge in [-0.2, -0.15) is 0 Å². The lowest BCUT2D eigenvalue weighted by Gasteiger charge is -2.10. The van der Waals surface area contributed by atoms with E-state index in [9.17, 15) is 4.79 Å². The molecule has 1 aromatic heterocycles. The highest BCUT2D eigenvalue weighted by atomic mass is 16.5. The second-order valence-corrected chi connectivity index (χ2v) is 5.83. The maximum absolute atomic E-state index is 11.5. The maximum Gasteiger partial charge on any atom is 0.336 e. The van der Waals surface area contributed by atoms with Crippen LogP contribution in [0.25, 0.3) is 21.7 Å². The van der Waals surface area contributed by atoms with Gasteiger partial charge in [-0.25, -0.2) is 4.79 Å². The summed E-state index contributed by atoms with van der Waals surface area (Å²) >= 11 is 0. The molecule has 0 atom stereocenters. The Morgan fingerprint density at radius 3 is 2.67 bits per heavy atom. The molecule has 0 saturated carbocycles. The van der Waals surface area contributed by atoms with Gasteiger partial charge in [0.25, 0.3) is 0 Å². The Labute approximate surface area is 139 Å². The fraction of sp³-hybridized carbons (Fsp3) is 0.0952. The van der Waals surface area contributed by atoms with E-state index < -0.39 is 0 Å². The predicted molar refractivity (Wildman–Crippen MR) is 95.5 cm³/mol. The van der Waals surface area contributed by atoms with Gasteiger partial charge in [0.15, 0.2) is 0 Å². The van der Waals surface area contributed by atoms with E-state index in [2.05, 4.69) is 24.3 Å². The second-order valence-electron chi connectivity index (χ2n) is 5.83. The molecular formula is C21H16O3. The van der Waals surface area contributed by atoms with Crippen LogP contribution in [0.3, 0.4) is 0 Å². The largest absolute Gasteiger partial charge is 0.489 e. The zero-order valence-electron chi connectivity index (χ0n) is 13.3. The topological polar surface area (TPSA) is 39.4 Å². The normalized spacial score (nSPS) is 11.0. The summed E-state index contributed by atoms with van der Waals surface area (Å²) in [6.07, 6.45) is 0. The summed E-state index contributed by atoms with van der Waals surface area (Å²) < 4.78 is 11.2. The van der Waals surface area contributed by atoms with Crippen molar-refractivity contribution in [2.75, 3.05) is 0 Å². The maximum atomic E-state index is 11.5. The van der Waals surface area contributed by atoms with Gasteiger partial charge in [-0.3, -0.25) is 0 Å². The third-order valence-electron chi connectivity index (χ3n) is 4.20. The van der Waals surface area contributed by atoms with E-state index in [1.807, 2.05) is 37.3 Å². The highest BCUT2D eigenvalue weighted by Gasteiger charge is 2.05. The standard InChI is InChI=1S/C21H16O3/c1-14-11-21(22)24-20-12-17(9-10-18(14)20)23-13-16-7-4-6-15-5-2-3-8-19(15)16/h2-12H,13H2,1H3. The van der Waals surface area contributed by atoms with Crippen LogP contribution in [0.5, 0.6) is 5.75 Å². The van der Waals surface area contributed by atoms with Crippen LogP contribution in [-0.2, 0) is 6.61 Å². The van der Waals surface area contributed by atoms with Crippen LogP contribution in [-0.4, -0.2) is 0 Å². The van der Waals surface area contributed by atoms with Gasteiger partial charge in [0.2, 0.25) is 0 Å². The van der Waals surface area contributed by atoms with Crippen LogP contribution in [0.2, 0.25) is 0 Å². The minimum Gasteiger partial charge on any atom is -0.489 e. The molecule has 0 fully saturated rings. The highest BCUT2D eigenvalue weighted by molar-refractivity contribution is 5.85. The highest BCUT2D eigenvalue weighted by Crippen LogP contribution is 2.24. The molecule has 4 aromatic rings. The first-order valence-electron chi connectivity index (χ1n) is 7.85. The molecule has 24 heavy (non-hydrogen) atoms. The lowest BCUT2D eigenvalue weighted by atomic mass is 10.1. The van der Waals surface area contributed by atoms with Crippen molar-refractivity contribution in [2.24, 2.45) is 0 Å². The van der Waals surface area contributed by atoms with Crippen LogP contribution >= 0.6 is 0 Å². The molecule has 3 nitrogen and oxygen atoms in total. The molecule has 0 bridgehead atoms. The van der Waals surface area contributed by atoms with Gasteiger partial charge >= 0.3 is 5.63 Å². The molecule has 0 aliphatic heterocycles. The molecule has 0 saturated heterocycles. The van der Waals surface area contributed by atoms with Gasteiger partial charge in [0.1, 0.15) is 17.9 Å². The zero-order valence-corrected chi connectivity index (χ0v) is 13.3. The molecule has 0 aliphatic rings. The molecule has 0 radical (unpaired) electrons. The van der Waals surface area contributed by atoms with Crippen molar-refractivity contribution in [1.29, 1.82) is 0 Å². The number of aryl methyl sites for hydroxylation is 1. The van der Waals surface area contributed by atoms with Gasteiger partial charge < -0.3 is 9.15 Å². The first-order valence-corrected chi connectivity index (χ1v) is 7.85. The van der Waals surface area contributed by atoms with Crippen LogP contribution in [0, 0.1) is 6.92 Å². The van der Waals surface area contributed by atoms with Crippen molar-refractivity contribution < 1.29 is 9.15 Å². The smallest absolute Gasteiger partial charge is 0.336 e. The van der Waals surface area contributed by atoms with Gasteiger partial charge in [0.05, 0.1) is 0 Å². The van der Waals surface area contributed by atoms with E-state index in [0.29, 0.717) is 17.9 Å². The molecule has 4 rings (SSSR count). The van der Waals surface area contributed by atoms with Gasteiger partial charge in [-0.15, -0.1) is 0 Å². The van der Waals surface area contributed by atoms with Crippen LogP contribution in [0.1, 0.15) is 11.1 Å². The lowest BCUT2D eigenvalue weighted by Crippen LogP contribution is -1.99. The van der Waals surface area contributed by atoms with Crippen molar-refractivity contribution in [3.63, 3.8) is 0 Å². The number of hydrogen-bond donors (Lipinski definition) is 0. The fourth-order valence-electron chi connectivity index (χ4n) is 2.97. The number of ether oxygens (including phenoxy) is 1. The zero-order chi connectivity index (χ0) is 16.5. The van der Waals surface area contributed by atoms with Crippen LogP contribution in [0.15, 0.2) is 75.9 Å². The Hall–Kier alpha value is -3.07. The Morgan fingerprint density at radius 2 is 1.75 bits per heavy atom. The van der Waals surface area contributed by atoms with Gasteiger partial charge in [0, 0.05) is 17.5 Å². The Morgan fingerprint density at radius 1 is 0.917 bits per heavy atom. The Kier molecular flexibility index (Phi) is 3.54. The van der Waals surface area contributed by atoms with Gasteiger partial charge in [-0.1, -0.05) is 42.5 Å². The molecule has 0 N–H and O–H groups in total. The number of rotatable bonds is 3. The summed E-state index contributed by atoms with van der Waals surface area (Å²) in [6, 6.07) is 21.5. The van der Waals surface area contributed by atoms with Crippen LogP contribution in [0.4, 0.5) is 0 Å². The van der Waals surface area contributed by atoms with E-state index in [1.165, 1.54) is 16.8 Å². The molecule has 0 aliphatic carbocycles.